The van der Waals surface area contributed by atoms with E-state index >= 15 is 0 Å². The largest absolute Gasteiger partial charge is 0.193 e. The van der Waals surface area contributed by atoms with E-state index in [1.165, 1.54) is 20.9 Å². The van der Waals surface area contributed by atoms with Crippen LogP contribution in [0.4, 0.5) is 0 Å². The molecule has 66 valence electrons. The van der Waals surface area contributed by atoms with E-state index in [2.05, 4.69) is 29.0 Å². The molecule has 1 aliphatic rings. The smallest absolute Gasteiger partial charge is 0.0919 e. The molecule has 3 rings (SSSR count). The minimum atomic E-state index is 1.09. The van der Waals surface area contributed by atoms with Gasteiger partial charge in [-0.25, -0.2) is 0 Å². The lowest BCUT2D eigenvalue weighted by Crippen LogP contribution is -1.73. The molecule has 0 saturated carbocycles. The molecule has 2 aromatic heterocycles. The van der Waals surface area contributed by atoms with Crippen LogP contribution >= 0.6 is 22.7 Å². The van der Waals surface area contributed by atoms with Gasteiger partial charge in [0.1, 0.15) is 0 Å². The number of nitriles is 1. The molecule has 14 heavy (non-hydrogen) atoms. The summed E-state index contributed by atoms with van der Waals surface area (Å²) >= 11 is 3.45. The zero-order valence-electron chi connectivity index (χ0n) is 7.15. The van der Waals surface area contributed by atoms with Crippen LogP contribution in [0.25, 0.3) is 16.0 Å². The standard InChI is InChI=1S/C11H5NS2/c12-4-1-7-8-2-5-13-11(8)9-3-6-14-10(7)9/h1-3,5-6H. The van der Waals surface area contributed by atoms with Crippen LogP contribution in [-0.2, 0) is 0 Å². The maximum atomic E-state index is 8.73. The quantitative estimate of drug-likeness (QED) is 0.524. The predicted molar refractivity (Wildman–Crippen MR) is 60.3 cm³/mol. The first kappa shape index (κ1) is 7.98. The van der Waals surface area contributed by atoms with Gasteiger partial charge in [-0.05, 0) is 22.9 Å². The zero-order valence-corrected chi connectivity index (χ0v) is 8.78. The zero-order chi connectivity index (χ0) is 9.54. The van der Waals surface area contributed by atoms with Gasteiger partial charge in [-0.1, -0.05) is 0 Å². The lowest BCUT2D eigenvalue weighted by atomic mass is 10.1. The van der Waals surface area contributed by atoms with E-state index in [9.17, 15) is 0 Å². The van der Waals surface area contributed by atoms with Crippen molar-refractivity contribution in [3.05, 3.63) is 39.4 Å². The van der Waals surface area contributed by atoms with Crippen molar-refractivity contribution in [2.24, 2.45) is 0 Å². The molecule has 1 nitrogen and oxygen atoms in total. The normalized spacial score (nSPS) is 15.2. The summed E-state index contributed by atoms with van der Waals surface area (Å²) in [7, 11) is 0. The van der Waals surface area contributed by atoms with Crippen LogP contribution in [0.3, 0.4) is 0 Å². The highest BCUT2D eigenvalue weighted by Crippen LogP contribution is 2.49. The number of rotatable bonds is 0. The molecule has 2 aromatic rings. The lowest BCUT2D eigenvalue weighted by molar-refractivity contribution is 1.53. The molecule has 2 heterocycles. The average molecular weight is 215 g/mol. The fourth-order valence-electron chi connectivity index (χ4n) is 1.76. The minimum absolute atomic E-state index is 1.09. The third-order valence-electron chi connectivity index (χ3n) is 2.32. The highest BCUT2D eigenvalue weighted by Gasteiger charge is 2.25. The Morgan fingerprint density at radius 3 is 2.57 bits per heavy atom. The monoisotopic (exact) mass is 215 g/mol. The van der Waals surface area contributed by atoms with Gasteiger partial charge in [0.05, 0.1) is 6.07 Å². The molecule has 0 spiro atoms. The SMILES string of the molecule is N#CC=C1c2ccsc2-c2ccsc21. The number of thiophene rings is 2. The van der Waals surface area contributed by atoms with Gasteiger partial charge < -0.3 is 0 Å². The Labute approximate surface area is 89.6 Å². The summed E-state index contributed by atoms with van der Waals surface area (Å²) in [5, 5.41) is 12.9. The van der Waals surface area contributed by atoms with Crippen LogP contribution in [0, 0.1) is 11.3 Å². The van der Waals surface area contributed by atoms with E-state index < -0.39 is 0 Å². The summed E-state index contributed by atoms with van der Waals surface area (Å²) in [5.41, 5.74) is 3.61. The van der Waals surface area contributed by atoms with E-state index in [0.29, 0.717) is 0 Å². The third-order valence-corrected chi connectivity index (χ3v) is 4.21. The molecule has 0 atom stereocenters. The van der Waals surface area contributed by atoms with Crippen molar-refractivity contribution in [3.63, 3.8) is 0 Å². The Balaban J connectivity index is 2.39. The van der Waals surface area contributed by atoms with Gasteiger partial charge in [0, 0.05) is 32.5 Å². The second-order valence-corrected chi connectivity index (χ2v) is 4.85. The molecule has 0 aromatic carbocycles. The van der Waals surface area contributed by atoms with E-state index in [4.69, 9.17) is 5.26 Å². The second kappa shape index (κ2) is 2.81. The fraction of sp³-hybridized carbons (Fsp3) is 0. The number of allylic oxidation sites excluding steroid dienone is 1. The second-order valence-electron chi connectivity index (χ2n) is 3.01. The topological polar surface area (TPSA) is 23.8 Å². The number of nitrogens with zero attached hydrogens (tertiary/aromatic N) is 1. The van der Waals surface area contributed by atoms with Crippen LogP contribution in [0.5, 0.6) is 0 Å². The maximum absolute atomic E-state index is 8.73. The molecule has 0 aliphatic heterocycles. The van der Waals surface area contributed by atoms with Crippen LogP contribution in [-0.4, -0.2) is 0 Å². The summed E-state index contributed by atoms with van der Waals surface area (Å²) in [6.07, 6.45) is 1.65. The van der Waals surface area contributed by atoms with Gasteiger partial charge in [-0.2, -0.15) is 5.26 Å². The van der Waals surface area contributed by atoms with Crippen molar-refractivity contribution in [1.29, 1.82) is 5.26 Å². The summed E-state index contributed by atoms with van der Waals surface area (Å²) < 4.78 is 0. The summed E-state index contributed by atoms with van der Waals surface area (Å²) in [5.74, 6) is 0. The van der Waals surface area contributed by atoms with Gasteiger partial charge in [0.25, 0.3) is 0 Å². The minimum Gasteiger partial charge on any atom is -0.193 e. The van der Waals surface area contributed by atoms with E-state index in [0.717, 1.165) is 5.57 Å². The molecule has 0 amide bonds. The van der Waals surface area contributed by atoms with Gasteiger partial charge in [-0.3, -0.25) is 0 Å². The molecule has 0 saturated heterocycles. The van der Waals surface area contributed by atoms with Gasteiger partial charge >= 0.3 is 0 Å². The Hall–Kier alpha value is -1.37. The van der Waals surface area contributed by atoms with E-state index in [1.54, 1.807) is 28.7 Å². The molecular weight excluding hydrogens is 210 g/mol. The maximum Gasteiger partial charge on any atom is 0.0919 e. The number of hydrogen-bond acceptors (Lipinski definition) is 3. The van der Waals surface area contributed by atoms with Crippen molar-refractivity contribution >= 4 is 28.2 Å². The number of fused-ring (bicyclic) bond motifs is 3. The Kier molecular flexibility index (Phi) is 1.60. The molecule has 0 unspecified atom stereocenters. The Morgan fingerprint density at radius 2 is 1.79 bits per heavy atom. The van der Waals surface area contributed by atoms with Crippen molar-refractivity contribution in [2.75, 3.05) is 0 Å². The Morgan fingerprint density at radius 1 is 1.07 bits per heavy atom. The highest BCUT2D eigenvalue weighted by molar-refractivity contribution is 7.16. The summed E-state index contributed by atoms with van der Waals surface area (Å²) in [6, 6.07) is 6.35. The van der Waals surface area contributed by atoms with Crippen LogP contribution in [0.2, 0.25) is 0 Å². The predicted octanol–water partition coefficient (Wildman–Crippen LogP) is 3.75. The average Bonchev–Trinajstić information content (AvgIpc) is 2.83. The van der Waals surface area contributed by atoms with Gasteiger partial charge in [0.2, 0.25) is 0 Å². The first-order valence-corrected chi connectivity index (χ1v) is 5.93. The molecule has 1 aliphatic carbocycles. The lowest BCUT2D eigenvalue weighted by Gasteiger charge is -1.92. The van der Waals surface area contributed by atoms with Crippen LogP contribution in [0.15, 0.2) is 29.0 Å². The molecule has 0 N–H and O–H groups in total. The van der Waals surface area contributed by atoms with Crippen LogP contribution < -0.4 is 0 Å². The third kappa shape index (κ3) is 0.872. The number of hydrogen-bond donors (Lipinski definition) is 0. The van der Waals surface area contributed by atoms with E-state index in [-0.39, 0.29) is 0 Å². The molecular formula is C11H5NS2. The molecule has 0 radical (unpaired) electrons. The van der Waals surface area contributed by atoms with Crippen molar-refractivity contribution < 1.29 is 0 Å². The first-order chi connectivity index (χ1) is 6.92. The molecule has 0 fully saturated rings. The first-order valence-electron chi connectivity index (χ1n) is 4.17. The Bertz CT molecular complexity index is 524. The van der Waals surface area contributed by atoms with Crippen molar-refractivity contribution in [2.45, 2.75) is 0 Å². The highest BCUT2D eigenvalue weighted by atomic mass is 32.1. The van der Waals surface area contributed by atoms with E-state index in [1.807, 2.05) is 0 Å². The molecule has 3 heteroatoms. The fourth-order valence-corrected chi connectivity index (χ4v) is 3.70. The van der Waals surface area contributed by atoms with Crippen molar-refractivity contribution in [3.8, 4) is 16.5 Å². The van der Waals surface area contributed by atoms with Crippen molar-refractivity contribution in [1.82, 2.24) is 0 Å². The van der Waals surface area contributed by atoms with Crippen LogP contribution in [0.1, 0.15) is 10.4 Å². The summed E-state index contributed by atoms with van der Waals surface area (Å²) in [4.78, 5) is 2.55. The summed E-state index contributed by atoms with van der Waals surface area (Å²) in [6.45, 7) is 0. The molecule has 0 bridgehead atoms. The van der Waals surface area contributed by atoms with Gasteiger partial charge in [-0.15, -0.1) is 22.7 Å². The van der Waals surface area contributed by atoms with Gasteiger partial charge in [0.15, 0.2) is 0 Å².